The summed E-state index contributed by atoms with van der Waals surface area (Å²) in [5, 5.41) is 2.15. The summed E-state index contributed by atoms with van der Waals surface area (Å²) >= 11 is 0. The molecule has 2 heterocycles. The number of piperidine rings is 1. The summed E-state index contributed by atoms with van der Waals surface area (Å²) in [6.45, 7) is 5.33. The Hall–Kier alpha value is -2.74. The van der Waals surface area contributed by atoms with Crippen molar-refractivity contribution in [2.45, 2.75) is 45.3 Å². The number of nitrogens with zero attached hydrogens (tertiary/aromatic N) is 1. The molecule has 0 aliphatic carbocycles. The third-order valence-corrected chi connectivity index (χ3v) is 3.81. The monoisotopic (exact) mass is 346 g/mol. The summed E-state index contributed by atoms with van der Waals surface area (Å²) in [5.41, 5.74) is -0.413. The Labute approximate surface area is 144 Å². The van der Waals surface area contributed by atoms with Gasteiger partial charge in [-0.2, -0.15) is 4.89 Å². The normalized spacial score (nSPS) is 20.6. The standard InChI is InChI=1S/C17H18N2O6/c1-17(2,3)25-24-11-6-4-5-9-13(11)16(23)19(15(9)22)10-7-8-12(20)18-14(10)21/h4-6,10H,7-8H2,1-3H3,(H,18,20,21). The lowest BCUT2D eigenvalue weighted by molar-refractivity contribution is -0.274. The van der Waals surface area contributed by atoms with E-state index in [9.17, 15) is 19.2 Å². The fourth-order valence-electron chi connectivity index (χ4n) is 2.72. The van der Waals surface area contributed by atoms with E-state index >= 15 is 0 Å². The van der Waals surface area contributed by atoms with Crippen LogP contribution in [0.15, 0.2) is 18.2 Å². The fourth-order valence-corrected chi connectivity index (χ4v) is 2.72. The molecule has 8 nitrogen and oxygen atoms in total. The number of carbonyl (C=O) groups excluding carboxylic acids is 4. The van der Waals surface area contributed by atoms with Gasteiger partial charge in [-0.25, -0.2) is 0 Å². The highest BCUT2D eigenvalue weighted by atomic mass is 17.2. The average molecular weight is 346 g/mol. The summed E-state index contributed by atoms with van der Waals surface area (Å²) in [5.74, 6) is -2.18. The minimum atomic E-state index is -1.01. The Morgan fingerprint density at radius 3 is 2.48 bits per heavy atom. The molecule has 1 fully saturated rings. The second-order valence-electron chi connectivity index (χ2n) is 6.90. The lowest BCUT2D eigenvalue weighted by atomic mass is 10.0. The van der Waals surface area contributed by atoms with Crippen LogP contribution in [0.25, 0.3) is 0 Å². The van der Waals surface area contributed by atoms with E-state index in [1.165, 1.54) is 12.1 Å². The predicted molar refractivity (Wildman–Crippen MR) is 84.6 cm³/mol. The quantitative estimate of drug-likeness (QED) is 0.501. The predicted octanol–water partition coefficient (Wildman–Crippen LogP) is 1.20. The van der Waals surface area contributed by atoms with Gasteiger partial charge in [0.2, 0.25) is 11.8 Å². The number of amides is 4. The van der Waals surface area contributed by atoms with Gasteiger partial charge in [0.1, 0.15) is 11.6 Å². The van der Waals surface area contributed by atoms with Gasteiger partial charge in [0.25, 0.3) is 11.8 Å². The van der Waals surface area contributed by atoms with E-state index in [1.54, 1.807) is 26.8 Å². The van der Waals surface area contributed by atoms with Crippen LogP contribution in [0.4, 0.5) is 0 Å². The smallest absolute Gasteiger partial charge is 0.266 e. The Morgan fingerprint density at radius 2 is 1.84 bits per heavy atom. The molecule has 132 valence electrons. The summed E-state index contributed by atoms with van der Waals surface area (Å²) in [6.07, 6.45) is 0.172. The van der Waals surface area contributed by atoms with Gasteiger partial charge in [-0.1, -0.05) is 6.07 Å². The molecule has 0 aromatic heterocycles. The van der Waals surface area contributed by atoms with Gasteiger partial charge in [-0.3, -0.25) is 29.4 Å². The maximum absolute atomic E-state index is 12.8. The zero-order valence-corrected chi connectivity index (χ0v) is 14.1. The van der Waals surface area contributed by atoms with Crippen molar-refractivity contribution in [1.82, 2.24) is 10.2 Å². The molecule has 1 unspecified atom stereocenters. The van der Waals surface area contributed by atoms with Crippen LogP contribution in [0.5, 0.6) is 5.75 Å². The van der Waals surface area contributed by atoms with Crippen LogP contribution in [0.3, 0.4) is 0 Å². The number of nitrogens with one attached hydrogen (secondary N) is 1. The lowest BCUT2D eigenvalue weighted by Gasteiger charge is -2.27. The number of hydrogen-bond donors (Lipinski definition) is 1. The molecule has 2 aliphatic rings. The van der Waals surface area contributed by atoms with Crippen molar-refractivity contribution < 1.29 is 29.0 Å². The molecule has 1 atom stereocenters. The van der Waals surface area contributed by atoms with Gasteiger partial charge in [0.05, 0.1) is 11.1 Å². The summed E-state index contributed by atoms with van der Waals surface area (Å²) in [7, 11) is 0. The van der Waals surface area contributed by atoms with Crippen LogP contribution >= 0.6 is 0 Å². The zero-order valence-electron chi connectivity index (χ0n) is 14.1. The molecular formula is C17H18N2O6. The Kier molecular flexibility index (Phi) is 4.08. The fraction of sp³-hybridized carbons (Fsp3) is 0.412. The van der Waals surface area contributed by atoms with Gasteiger partial charge in [0.15, 0.2) is 5.75 Å². The molecule has 0 saturated carbocycles. The molecule has 1 aromatic rings. The number of benzene rings is 1. The van der Waals surface area contributed by atoms with Crippen molar-refractivity contribution in [2.75, 3.05) is 0 Å². The van der Waals surface area contributed by atoms with Gasteiger partial charge < -0.3 is 4.89 Å². The van der Waals surface area contributed by atoms with Crippen molar-refractivity contribution in [3.63, 3.8) is 0 Å². The van der Waals surface area contributed by atoms with Crippen LogP contribution in [0.2, 0.25) is 0 Å². The van der Waals surface area contributed by atoms with Gasteiger partial charge in [0, 0.05) is 6.42 Å². The summed E-state index contributed by atoms with van der Waals surface area (Å²) in [4.78, 5) is 60.1. The maximum atomic E-state index is 12.8. The largest absolute Gasteiger partial charge is 0.336 e. The first-order valence-corrected chi connectivity index (χ1v) is 7.89. The molecule has 2 aliphatic heterocycles. The molecular weight excluding hydrogens is 328 g/mol. The van der Waals surface area contributed by atoms with E-state index in [-0.39, 0.29) is 29.7 Å². The Morgan fingerprint density at radius 1 is 1.12 bits per heavy atom. The van der Waals surface area contributed by atoms with Crippen LogP contribution in [-0.4, -0.2) is 40.2 Å². The molecule has 1 N–H and O–H groups in total. The minimum Gasteiger partial charge on any atom is -0.336 e. The van der Waals surface area contributed by atoms with E-state index in [1.807, 2.05) is 0 Å². The number of carbonyl (C=O) groups is 4. The number of hydrogen-bond acceptors (Lipinski definition) is 6. The third kappa shape index (κ3) is 3.12. The molecule has 3 rings (SSSR count). The minimum absolute atomic E-state index is 0.0569. The molecule has 25 heavy (non-hydrogen) atoms. The number of fused-ring (bicyclic) bond motifs is 1. The topological polar surface area (TPSA) is 102 Å². The SMILES string of the molecule is CC(C)(C)OOc1cccc2c1C(=O)N(C1CCC(=O)NC1=O)C2=O. The molecule has 1 saturated heterocycles. The first-order valence-electron chi connectivity index (χ1n) is 7.89. The van der Waals surface area contributed by atoms with Crippen LogP contribution in [-0.2, 0) is 14.5 Å². The summed E-state index contributed by atoms with van der Waals surface area (Å²) < 4.78 is 0. The number of rotatable bonds is 3. The second kappa shape index (κ2) is 5.96. The van der Waals surface area contributed by atoms with E-state index in [2.05, 4.69) is 5.32 Å². The number of imide groups is 2. The van der Waals surface area contributed by atoms with Crippen molar-refractivity contribution in [1.29, 1.82) is 0 Å². The molecule has 0 spiro atoms. The van der Waals surface area contributed by atoms with Crippen molar-refractivity contribution in [2.24, 2.45) is 0 Å². The molecule has 1 aromatic carbocycles. The van der Waals surface area contributed by atoms with Gasteiger partial charge in [-0.15, -0.1) is 0 Å². The van der Waals surface area contributed by atoms with Crippen LogP contribution < -0.4 is 10.2 Å². The highest BCUT2D eigenvalue weighted by Gasteiger charge is 2.46. The average Bonchev–Trinajstić information content (AvgIpc) is 2.77. The van der Waals surface area contributed by atoms with Crippen LogP contribution in [0, 0.1) is 0 Å². The third-order valence-electron chi connectivity index (χ3n) is 3.81. The van der Waals surface area contributed by atoms with Crippen molar-refractivity contribution in [3.05, 3.63) is 29.3 Å². The van der Waals surface area contributed by atoms with Gasteiger partial charge in [-0.05, 0) is 39.3 Å². The Balaban J connectivity index is 1.91. The lowest BCUT2D eigenvalue weighted by Crippen LogP contribution is -2.54. The zero-order chi connectivity index (χ0) is 18.4. The first kappa shape index (κ1) is 17.1. The highest BCUT2D eigenvalue weighted by molar-refractivity contribution is 6.24. The van der Waals surface area contributed by atoms with E-state index < -0.39 is 35.3 Å². The second-order valence-corrected chi connectivity index (χ2v) is 6.90. The van der Waals surface area contributed by atoms with Gasteiger partial charge >= 0.3 is 0 Å². The van der Waals surface area contributed by atoms with E-state index in [0.717, 1.165) is 4.90 Å². The molecule has 4 amide bonds. The van der Waals surface area contributed by atoms with E-state index in [0.29, 0.717) is 0 Å². The molecule has 8 heteroatoms. The van der Waals surface area contributed by atoms with Crippen LogP contribution in [0.1, 0.15) is 54.3 Å². The first-order chi connectivity index (χ1) is 11.7. The molecule has 0 bridgehead atoms. The maximum Gasteiger partial charge on any atom is 0.266 e. The van der Waals surface area contributed by atoms with Crippen molar-refractivity contribution in [3.8, 4) is 5.75 Å². The van der Waals surface area contributed by atoms with E-state index in [4.69, 9.17) is 9.78 Å². The van der Waals surface area contributed by atoms with Crippen molar-refractivity contribution >= 4 is 23.6 Å². The molecule has 0 radical (unpaired) electrons. The Bertz CT molecular complexity index is 780. The highest BCUT2D eigenvalue weighted by Crippen LogP contribution is 2.34. The summed E-state index contributed by atoms with van der Waals surface area (Å²) in [6, 6.07) is 3.57.